The van der Waals surface area contributed by atoms with E-state index in [-0.39, 0.29) is 18.4 Å². The minimum Gasteiger partial charge on any atom is -0.327 e. The van der Waals surface area contributed by atoms with Crippen LogP contribution in [0.5, 0.6) is 0 Å². The lowest BCUT2D eigenvalue weighted by Gasteiger charge is -2.38. The van der Waals surface area contributed by atoms with Gasteiger partial charge in [0.1, 0.15) is 4.34 Å². The summed E-state index contributed by atoms with van der Waals surface area (Å²) in [6.07, 6.45) is 3.71. The van der Waals surface area contributed by atoms with E-state index in [1.165, 1.54) is 30.6 Å². The van der Waals surface area contributed by atoms with Gasteiger partial charge in [0.2, 0.25) is 0 Å². The number of thiophene rings is 1. The van der Waals surface area contributed by atoms with Crippen LogP contribution in [0.15, 0.2) is 5.38 Å². The van der Waals surface area contributed by atoms with E-state index < -0.39 is 0 Å². The summed E-state index contributed by atoms with van der Waals surface area (Å²) in [6, 6.07) is 0.682. The maximum atomic E-state index is 6.18. The van der Waals surface area contributed by atoms with E-state index in [4.69, 9.17) is 28.9 Å². The number of halogens is 3. The van der Waals surface area contributed by atoms with Crippen LogP contribution in [0, 0.1) is 0 Å². The third kappa shape index (κ3) is 3.75. The molecule has 0 aromatic carbocycles. The first-order chi connectivity index (χ1) is 8.09. The lowest BCUT2D eigenvalue weighted by Crippen LogP contribution is -2.48. The molecule has 2 rings (SSSR count). The fourth-order valence-corrected chi connectivity index (χ4v) is 3.73. The predicted molar refractivity (Wildman–Crippen MR) is 83.3 cm³/mol. The molecule has 0 bridgehead atoms. The number of hydrogen-bond donors (Lipinski definition) is 1. The molecule has 1 fully saturated rings. The number of hydrogen-bond acceptors (Lipinski definition) is 3. The van der Waals surface area contributed by atoms with Gasteiger partial charge in [-0.05, 0) is 37.3 Å². The highest BCUT2D eigenvalue weighted by molar-refractivity contribution is 7.15. The van der Waals surface area contributed by atoms with Crippen molar-refractivity contribution in [3.05, 3.63) is 20.3 Å². The van der Waals surface area contributed by atoms with Crippen LogP contribution in [-0.4, -0.2) is 23.5 Å². The molecule has 0 aliphatic carbocycles. The van der Waals surface area contributed by atoms with Crippen LogP contribution in [-0.2, 0) is 6.54 Å². The van der Waals surface area contributed by atoms with E-state index in [2.05, 4.69) is 17.2 Å². The normalized spacial score (nSPS) is 22.6. The lowest BCUT2D eigenvalue weighted by atomic mass is 9.96. The predicted octanol–water partition coefficient (Wildman–Crippen LogP) is 4.18. The summed E-state index contributed by atoms with van der Waals surface area (Å²) in [5.74, 6) is 0. The van der Waals surface area contributed by atoms with Crippen LogP contribution in [0.25, 0.3) is 0 Å². The second-order valence-corrected chi connectivity index (χ2v) is 6.60. The van der Waals surface area contributed by atoms with Crippen LogP contribution in [0.4, 0.5) is 0 Å². The van der Waals surface area contributed by atoms with Gasteiger partial charge in [0.15, 0.2) is 0 Å². The Morgan fingerprint density at radius 3 is 2.78 bits per heavy atom. The van der Waals surface area contributed by atoms with Gasteiger partial charge in [-0.3, -0.25) is 4.90 Å². The molecule has 1 aliphatic heterocycles. The first-order valence-electron chi connectivity index (χ1n) is 6.00. The van der Waals surface area contributed by atoms with E-state index in [1.54, 1.807) is 0 Å². The molecule has 104 valence electrons. The highest BCUT2D eigenvalue weighted by atomic mass is 35.5. The number of nitrogens with two attached hydrogens (primary N) is 1. The first kappa shape index (κ1) is 16.5. The van der Waals surface area contributed by atoms with E-state index in [9.17, 15) is 0 Å². The van der Waals surface area contributed by atoms with Gasteiger partial charge in [-0.15, -0.1) is 23.7 Å². The third-order valence-electron chi connectivity index (χ3n) is 3.40. The number of rotatable bonds is 3. The largest absolute Gasteiger partial charge is 0.327 e. The van der Waals surface area contributed by atoms with Crippen molar-refractivity contribution in [2.24, 2.45) is 5.73 Å². The van der Waals surface area contributed by atoms with Crippen LogP contribution >= 0.6 is 46.9 Å². The topological polar surface area (TPSA) is 29.3 Å². The average molecular weight is 330 g/mol. The van der Waals surface area contributed by atoms with Gasteiger partial charge < -0.3 is 5.73 Å². The molecule has 6 heteroatoms. The van der Waals surface area contributed by atoms with Gasteiger partial charge in [-0.1, -0.05) is 29.6 Å². The third-order valence-corrected chi connectivity index (χ3v) is 5.31. The van der Waals surface area contributed by atoms with Crippen molar-refractivity contribution in [3.8, 4) is 0 Å². The van der Waals surface area contributed by atoms with Crippen molar-refractivity contribution in [1.29, 1.82) is 0 Å². The molecule has 1 aromatic rings. The molecular weight excluding hydrogens is 311 g/mol. The Morgan fingerprint density at radius 1 is 1.50 bits per heavy atom. The van der Waals surface area contributed by atoms with Gasteiger partial charge >= 0.3 is 0 Å². The molecule has 18 heavy (non-hydrogen) atoms. The number of likely N-dealkylation sites (tertiary alicyclic amines) is 1. The van der Waals surface area contributed by atoms with Crippen molar-refractivity contribution in [3.63, 3.8) is 0 Å². The summed E-state index contributed by atoms with van der Waals surface area (Å²) < 4.78 is 0.691. The molecule has 2 N–H and O–H groups in total. The summed E-state index contributed by atoms with van der Waals surface area (Å²) in [4.78, 5) is 2.44. The van der Waals surface area contributed by atoms with E-state index >= 15 is 0 Å². The molecule has 2 nitrogen and oxygen atoms in total. The van der Waals surface area contributed by atoms with Crippen molar-refractivity contribution in [1.82, 2.24) is 4.90 Å². The number of nitrogens with zero attached hydrogens (tertiary/aromatic N) is 1. The van der Waals surface area contributed by atoms with E-state index in [0.717, 1.165) is 18.7 Å². The summed E-state index contributed by atoms with van der Waals surface area (Å²) in [5, 5.41) is 2.77. The average Bonchev–Trinajstić information content (AvgIpc) is 2.61. The summed E-state index contributed by atoms with van der Waals surface area (Å²) in [6.45, 7) is 4.06. The van der Waals surface area contributed by atoms with Gasteiger partial charge in [0, 0.05) is 18.6 Å². The molecule has 1 aromatic heterocycles. The zero-order valence-electron chi connectivity index (χ0n) is 10.4. The molecule has 2 unspecified atom stereocenters. The van der Waals surface area contributed by atoms with E-state index in [0.29, 0.717) is 15.4 Å². The van der Waals surface area contributed by atoms with Crippen LogP contribution in [0.2, 0.25) is 9.36 Å². The Kier molecular flexibility index (Phi) is 6.73. The summed E-state index contributed by atoms with van der Waals surface area (Å²) in [5.41, 5.74) is 7.19. The summed E-state index contributed by atoms with van der Waals surface area (Å²) in [7, 11) is 0. The van der Waals surface area contributed by atoms with E-state index in [1.807, 2.05) is 0 Å². The standard InChI is InChI=1S/C12H18Cl2N2S.ClH/c1-8(15)10-4-2-3-5-16(10)6-9-7-17-12(14)11(9)13;/h7-8,10H,2-6,15H2,1H3;1H. The minimum atomic E-state index is 0. The second kappa shape index (κ2) is 7.32. The minimum absolute atomic E-state index is 0. The molecule has 0 amide bonds. The molecule has 0 radical (unpaired) electrons. The monoisotopic (exact) mass is 328 g/mol. The quantitative estimate of drug-likeness (QED) is 0.901. The van der Waals surface area contributed by atoms with Gasteiger partial charge in [-0.25, -0.2) is 0 Å². The Hall–Kier alpha value is 0.490. The van der Waals surface area contributed by atoms with Gasteiger partial charge in [-0.2, -0.15) is 0 Å². The second-order valence-electron chi connectivity index (χ2n) is 4.74. The molecule has 0 saturated carbocycles. The molecule has 1 aliphatic rings. The molecule has 0 spiro atoms. The fraction of sp³-hybridized carbons (Fsp3) is 0.667. The SMILES string of the molecule is CC(N)C1CCCCN1Cc1csc(Cl)c1Cl.Cl. The van der Waals surface area contributed by atoms with Crippen molar-refractivity contribution >= 4 is 46.9 Å². The van der Waals surface area contributed by atoms with Crippen LogP contribution in [0.3, 0.4) is 0 Å². The molecule has 2 heterocycles. The van der Waals surface area contributed by atoms with Crippen molar-refractivity contribution < 1.29 is 0 Å². The zero-order chi connectivity index (χ0) is 12.4. The Labute approximate surface area is 129 Å². The fourth-order valence-electron chi connectivity index (χ4n) is 2.49. The molecular formula is C12H19Cl3N2S. The van der Waals surface area contributed by atoms with Gasteiger partial charge in [0.25, 0.3) is 0 Å². The lowest BCUT2D eigenvalue weighted by molar-refractivity contribution is 0.123. The molecule has 2 atom stereocenters. The Balaban J connectivity index is 0.00000162. The highest BCUT2D eigenvalue weighted by Crippen LogP contribution is 2.34. The van der Waals surface area contributed by atoms with Crippen LogP contribution in [0.1, 0.15) is 31.7 Å². The number of piperidine rings is 1. The zero-order valence-corrected chi connectivity index (χ0v) is 13.5. The maximum absolute atomic E-state index is 6.18. The van der Waals surface area contributed by atoms with Crippen molar-refractivity contribution in [2.45, 2.75) is 44.8 Å². The Bertz CT molecular complexity index is 381. The first-order valence-corrected chi connectivity index (χ1v) is 7.64. The van der Waals surface area contributed by atoms with Gasteiger partial charge in [0.05, 0.1) is 5.02 Å². The van der Waals surface area contributed by atoms with Crippen molar-refractivity contribution in [2.75, 3.05) is 6.54 Å². The summed E-state index contributed by atoms with van der Waals surface area (Å²) >= 11 is 13.7. The highest BCUT2D eigenvalue weighted by Gasteiger charge is 2.26. The smallest absolute Gasteiger partial charge is 0.112 e. The Morgan fingerprint density at radius 2 is 2.22 bits per heavy atom. The van der Waals surface area contributed by atoms with Crippen LogP contribution < -0.4 is 5.73 Å². The maximum Gasteiger partial charge on any atom is 0.112 e. The molecule has 1 saturated heterocycles.